The number of ether oxygens (including phenoxy) is 1. The first-order chi connectivity index (χ1) is 8.55. The molecule has 0 atom stereocenters. The molecular weight excluding hydrogens is 244 g/mol. The summed E-state index contributed by atoms with van der Waals surface area (Å²) in [6.45, 7) is -4.21. The molecule has 18 heavy (non-hydrogen) atoms. The Bertz CT molecular complexity index is 499. The van der Waals surface area contributed by atoms with E-state index in [0.29, 0.717) is 6.54 Å². The van der Waals surface area contributed by atoms with E-state index in [4.69, 9.17) is 4.74 Å². The van der Waals surface area contributed by atoms with Gasteiger partial charge in [0.05, 0.1) is 6.54 Å². The van der Waals surface area contributed by atoms with Crippen molar-refractivity contribution < 1.29 is 17.7 Å². The molecule has 0 amide bonds. The van der Waals surface area contributed by atoms with E-state index in [1.54, 1.807) is 23.1 Å². The minimum atomic E-state index is -4.98. The maximum absolute atomic E-state index is 12.5. The van der Waals surface area contributed by atoms with Crippen molar-refractivity contribution in [2.45, 2.75) is 6.54 Å². The summed E-state index contributed by atoms with van der Waals surface area (Å²) in [7, 11) is 0. The molecule has 96 valence electrons. The van der Waals surface area contributed by atoms with Gasteiger partial charge in [-0.3, -0.25) is 4.68 Å². The molecule has 0 aliphatic rings. The van der Waals surface area contributed by atoms with Crippen LogP contribution in [0.2, 0.25) is 0 Å². The SMILES string of the molecule is F[B-](F)(F)c1cccc(OCCn2cccn2)c1. The third-order valence-electron chi connectivity index (χ3n) is 2.38. The van der Waals surface area contributed by atoms with Crippen LogP contribution in [-0.2, 0) is 6.54 Å². The summed E-state index contributed by atoms with van der Waals surface area (Å²) < 4.78 is 44.4. The Balaban J connectivity index is 1.93. The Hall–Kier alpha value is -1.92. The quantitative estimate of drug-likeness (QED) is 0.764. The normalized spacial score (nSPS) is 11.5. The molecule has 1 heterocycles. The van der Waals surface area contributed by atoms with Gasteiger partial charge in [0, 0.05) is 12.4 Å². The van der Waals surface area contributed by atoms with Crippen LogP contribution in [-0.4, -0.2) is 23.4 Å². The Morgan fingerprint density at radius 1 is 1.22 bits per heavy atom. The Labute approximate surface area is 102 Å². The molecule has 0 N–H and O–H groups in total. The number of halogens is 3. The zero-order valence-corrected chi connectivity index (χ0v) is 9.47. The highest BCUT2D eigenvalue weighted by Gasteiger charge is 2.25. The lowest BCUT2D eigenvalue weighted by molar-refractivity contribution is 0.291. The van der Waals surface area contributed by atoms with Gasteiger partial charge in [-0.25, -0.2) is 0 Å². The van der Waals surface area contributed by atoms with Crippen LogP contribution in [0, 0.1) is 0 Å². The zero-order valence-electron chi connectivity index (χ0n) is 9.47. The van der Waals surface area contributed by atoms with Crippen molar-refractivity contribution >= 4 is 12.4 Å². The molecular formula is C11H11BF3N2O-. The molecule has 0 aliphatic heterocycles. The van der Waals surface area contributed by atoms with Crippen molar-refractivity contribution in [2.75, 3.05) is 6.61 Å². The van der Waals surface area contributed by atoms with Crippen LogP contribution in [0.15, 0.2) is 42.7 Å². The third-order valence-corrected chi connectivity index (χ3v) is 2.38. The smallest absolute Gasteiger partial charge is 0.492 e. The van der Waals surface area contributed by atoms with E-state index in [0.717, 1.165) is 12.1 Å². The number of hydrogen-bond acceptors (Lipinski definition) is 2. The molecule has 3 nitrogen and oxygen atoms in total. The Morgan fingerprint density at radius 2 is 2.06 bits per heavy atom. The molecule has 0 radical (unpaired) electrons. The first kappa shape index (κ1) is 12.5. The lowest BCUT2D eigenvalue weighted by Gasteiger charge is -2.16. The maximum atomic E-state index is 12.5. The van der Waals surface area contributed by atoms with Crippen molar-refractivity contribution in [2.24, 2.45) is 0 Å². The number of benzene rings is 1. The van der Waals surface area contributed by atoms with Crippen molar-refractivity contribution in [3.05, 3.63) is 42.7 Å². The van der Waals surface area contributed by atoms with Crippen LogP contribution >= 0.6 is 0 Å². The summed E-state index contributed by atoms with van der Waals surface area (Å²) in [5, 5.41) is 3.96. The van der Waals surface area contributed by atoms with Crippen molar-refractivity contribution in [1.82, 2.24) is 9.78 Å². The average Bonchev–Trinajstić information content (AvgIpc) is 2.81. The van der Waals surface area contributed by atoms with Gasteiger partial charge in [-0.05, 0) is 18.2 Å². The molecule has 2 aromatic rings. The fourth-order valence-corrected chi connectivity index (χ4v) is 1.50. The standard InChI is InChI=1S/C11H11BF3N2O/c13-12(14,15)10-3-1-4-11(9-10)18-8-7-17-6-2-5-16-17/h1-6,9H,7-8H2/q-1. The van der Waals surface area contributed by atoms with E-state index in [-0.39, 0.29) is 12.4 Å². The molecule has 0 saturated heterocycles. The van der Waals surface area contributed by atoms with Crippen LogP contribution in [0.1, 0.15) is 0 Å². The molecule has 2 rings (SSSR count). The number of hydrogen-bond donors (Lipinski definition) is 0. The molecule has 1 aromatic carbocycles. The second-order valence-corrected chi connectivity index (χ2v) is 3.76. The van der Waals surface area contributed by atoms with Gasteiger partial charge in [-0.1, -0.05) is 12.1 Å². The fraction of sp³-hybridized carbons (Fsp3) is 0.182. The molecule has 0 spiro atoms. The molecule has 0 unspecified atom stereocenters. The van der Waals surface area contributed by atoms with Crippen LogP contribution in [0.4, 0.5) is 12.9 Å². The first-order valence-corrected chi connectivity index (χ1v) is 5.46. The second kappa shape index (κ2) is 5.16. The summed E-state index contributed by atoms with van der Waals surface area (Å²) in [5.74, 6) is 0.221. The van der Waals surface area contributed by atoms with E-state index >= 15 is 0 Å². The van der Waals surface area contributed by atoms with E-state index < -0.39 is 12.4 Å². The second-order valence-electron chi connectivity index (χ2n) is 3.76. The first-order valence-electron chi connectivity index (χ1n) is 5.46. The lowest BCUT2D eigenvalue weighted by atomic mass is 9.80. The van der Waals surface area contributed by atoms with Crippen LogP contribution in [0.25, 0.3) is 0 Å². The number of rotatable bonds is 5. The summed E-state index contributed by atoms with van der Waals surface area (Å²) in [5.41, 5.74) is -0.647. The topological polar surface area (TPSA) is 27.1 Å². The van der Waals surface area contributed by atoms with Gasteiger partial charge < -0.3 is 17.7 Å². The summed E-state index contributed by atoms with van der Waals surface area (Å²) in [4.78, 5) is 0. The van der Waals surface area contributed by atoms with Crippen LogP contribution in [0.3, 0.4) is 0 Å². The fourth-order valence-electron chi connectivity index (χ4n) is 1.50. The third kappa shape index (κ3) is 3.29. The zero-order chi connectivity index (χ0) is 13.0. The Kier molecular flexibility index (Phi) is 3.59. The number of aromatic nitrogens is 2. The van der Waals surface area contributed by atoms with Crippen LogP contribution < -0.4 is 10.2 Å². The van der Waals surface area contributed by atoms with Gasteiger partial charge in [0.1, 0.15) is 12.4 Å². The van der Waals surface area contributed by atoms with Crippen LogP contribution in [0.5, 0.6) is 5.75 Å². The van der Waals surface area contributed by atoms with Gasteiger partial charge >= 0.3 is 6.98 Å². The Morgan fingerprint density at radius 3 is 2.72 bits per heavy atom. The largest absolute Gasteiger partial charge is 0.509 e. The summed E-state index contributed by atoms with van der Waals surface area (Å²) in [6, 6.07) is 6.68. The summed E-state index contributed by atoms with van der Waals surface area (Å²) in [6.07, 6.45) is 3.39. The van der Waals surface area contributed by atoms with Gasteiger partial charge in [-0.2, -0.15) is 5.10 Å². The molecule has 1 aromatic heterocycles. The minimum Gasteiger partial charge on any atom is -0.492 e. The minimum absolute atomic E-state index is 0.221. The van der Waals surface area contributed by atoms with E-state index in [1.807, 2.05) is 0 Å². The molecule has 0 saturated carbocycles. The van der Waals surface area contributed by atoms with Crippen molar-refractivity contribution in [3.63, 3.8) is 0 Å². The monoisotopic (exact) mass is 255 g/mol. The van der Waals surface area contributed by atoms with Gasteiger partial charge in [-0.15, -0.1) is 5.46 Å². The highest BCUT2D eigenvalue weighted by atomic mass is 19.4. The highest BCUT2D eigenvalue weighted by molar-refractivity contribution is 6.73. The highest BCUT2D eigenvalue weighted by Crippen LogP contribution is 2.14. The molecule has 0 fully saturated rings. The van der Waals surface area contributed by atoms with E-state index in [9.17, 15) is 12.9 Å². The van der Waals surface area contributed by atoms with Gasteiger partial charge in [0.2, 0.25) is 0 Å². The summed E-state index contributed by atoms with van der Waals surface area (Å²) >= 11 is 0. The predicted octanol–water partition coefficient (Wildman–Crippen LogP) is 2.02. The maximum Gasteiger partial charge on any atom is 0.509 e. The van der Waals surface area contributed by atoms with Gasteiger partial charge in [0.15, 0.2) is 0 Å². The van der Waals surface area contributed by atoms with Crippen molar-refractivity contribution in [3.8, 4) is 5.75 Å². The molecule has 7 heteroatoms. The van der Waals surface area contributed by atoms with E-state index in [1.165, 1.54) is 12.1 Å². The predicted molar refractivity (Wildman–Crippen MR) is 62.9 cm³/mol. The molecule has 0 bridgehead atoms. The molecule has 0 aliphatic carbocycles. The van der Waals surface area contributed by atoms with E-state index in [2.05, 4.69) is 5.10 Å². The average molecular weight is 255 g/mol. The van der Waals surface area contributed by atoms with Crippen molar-refractivity contribution in [1.29, 1.82) is 0 Å². The lowest BCUT2D eigenvalue weighted by Crippen LogP contribution is -2.33. The van der Waals surface area contributed by atoms with Gasteiger partial charge in [0.25, 0.3) is 0 Å². The number of nitrogens with zero attached hydrogens (tertiary/aromatic N) is 2.